The third-order valence-corrected chi connectivity index (χ3v) is 2.65. The van der Waals surface area contributed by atoms with Crippen LogP contribution in [0.15, 0.2) is 54.8 Å². The highest BCUT2D eigenvalue weighted by Crippen LogP contribution is 2.20. The van der Waals surface area contributed by atoms with E-state index >= 15 is 0 Å². The molecule has 0 aliphatic rings. The summed E-state index contributed by atoms with van der Waals surface area (Å²) in [7, 11) is 1.86. The van der Waals surface area contributed by atoms with Crippen molar-refractivity contribution in [3.05, 3.63) is 54.8 Å². The summed E-state index contributed by atoms with van der Waals surface area (Å²) >= 11 is 0. The summed E-state index contributed by atoms with van der Waals surface area (Å²) in [5.41, 5.74) is 3.00. The molecule has 3 rings (SSSR count). The molecule has 3 aromatic rings. The average molecular weight is 227 g/mol. The van der Waals surface area contributed by atoms with Crippen LogP contribution in [-0.4, -0.2) is 16.4 Å². The molecule has 1 aromatic carbocycles. The summed E-state index contributed by atoms with van der Waals surface area (Å²) < 4.78 is 17.7. The van der Waals surface area contributed by atoms with Crippen molar-refractivity contribution in [3.8, 4) is 11.3 Å². The molecule has 0 saturated heterocycles. The highest BCUT2D eigenvalue weighted by atomic mass is 15.0. The van der Waals surface area contributed by atoms with Gasteiger partial charge in [0.15, 0.2) is 0 Å². The molecule has 0 radical (unpaired) electrons. The third kappa shape index (κ3) is 1.76. The minimum Gasteiger partial charge on any atom is -0.388 e. The van der Waals surface area contributed by atoms with Crippen LogP contribution in [0.5, 0.6) is 0 Å². The molecular formula is C14H13N3. The molecule has 3 nitrogen and oxygen atoms in total. The summed E-state index contributed by atoms with van der Waals surface area (Å²) in [6, 6.07) is 9.59. The maximum Gasteiger partial charge on any atom is 0.139 e. The first kappa shape index (κ1) is 7.90. The van der Waals surface area contributed by atoms with Crippen LogP contribution in [0.1, 0.15) is 2.74 Å². The van der Waals surface area contributed by atoms with Gasteiger partial charge in [-0.15, -0.1) is 0 Å². The van der Waals surface area contributed by atoms with Crippen LogP contribution in [0.3, 0.4) is 0 Å². The normalized spacial score (nSPS) is 12.3. The zero-order valence-corrected chi connectivity index (χ0v) is 9.44. The maximum absolute atomic E-state index is 7.92. The lowest BCUT2D eigenvalue weighted by molar-refractivity contribution is 1.18. The van der Waals surface area contributed by atoms with Gasteiger partial charge in [-0.2, -0.15) is 0 Å². The Morgan fingerprint density at radius 1 is 1.29 bits per heavy atom. The lowest BCUT2D eigenvalue weighted by atomic mass is 10.2. The van der Waals surface area contributed by atoms with Crippen molar-refractivity contribution in [2.45, 2.75) is 0 Å². The number of pyridine rings is 1. The molecule has 17 heavy (non-hydrogen) atoms. The number of aromatic nitrogens is 2. The van der Waals surface area contributed by atoms with Crippen LogP contribution >= 0.6 is 0 Å². The summed E-state index contributed by atoms with van der Waals surface area (Å²) in [4.78, 5) is 4.50. The fourth-order valence-corrected chi connectivity index (χ4v) is 1.76. The van der Waals surface area contributed by atoms with E-state index in [0.29, 0.717) is 23.3 Å². The van der Waals surface area contributed by atoms with Crippen molar-refractivity contribution < 1.29 is 2.74 Å². The van der Waals surface area contributed by atoms with E-state index in [1.54, 1.807) is 18.2 Å². The van der Waals surface area contributed by atoms with E-state index in [0.717, 1.165) is 11.3 Å². The van der Waals surface area contributed by atoms with Crippen molar-refractivity contribution in [2.75, 3.05) is 12.4 Å². The van der Waals surface area contributed by atoms with E-state index in [1.807, 2.05) is 36.0 Å². The quantitative estimate of drug-likeness (QED) is 0.729. The van der Waals surface area contributed by atoms with Gasteiger partial charge >= 0.3 is 0 Å². The van der Waals surface area contributed by atoms with Crippen molar-refractivity contribution in [1.29, 1.82) is 0 Å². The zero-order valence-electron chi connectivity index (χ0n) is 11.4. The summed E-state index contributed by atoms with van der Waals surface area (Å²) in [6.07, 6.45) is 3.76. The Bertz CT molecular complexity index is 729. The van der Waals surface area contributed by atoms with Crippen molar-refractivity contribution in [3.63, 3.8) is 0 Å². The SMILES string of the molecule is [3H]c1cccc([3H])c1-c1cn2ccc(NC)cc2n1. The second-order valence-electron chi connectivity index (χ2n) is 3.75. The molecule has 0 saturated carbocycles. The maximum atomic E-state index is 7.92. The predicted molar refractivity (Wildman–Crippen MR) is 70.2 cm³/mol. The Hall–Kier alpha value is -2.29. The van der Waals surface area contributed by atoms with Gasteiger partial charge in [0.2, 0.25) is 0 Å². The Morgan fingerprint density at radius 2 is 2.12 bits per heavy atom. The lowest BCUT2D eigenvalue weighted by Gasteiger charge is -1.98. The number of hydrogen-bond donors (Lipinski definition) is 1. The molecule has 84 valence electrons. The van der Waals surface area contributed by atoms with Gasteiger partial charge in [-0.05, 0) is 6.07 Å². The highest BCUT2D eigenvalue weighted by molar-refractivity contribution is 5.64. The lowest BCUT2D eigenvalue weighted by Crippen LogP contribution is -1.89. The molecule has 0 atom stereocenters. The van der Waals surface area contributed by atoms with Gasteiger partial charge in [0, 0.05) is 36.8 Å². The van der Waals surface area contributed by atoms with Gasteiger partial charge in [0.25, 0.3) is 0 Å². The smallest absolute Gasteiger partial charge is 0.139 e. The monoisotopic (exact) mass is 227 g/mol. The van der Waals surface area contributed by atoms with Crippen LogP contribution in [0.25, 0.3) is 16.9 Å². The molecular weight excluding hydrogens is 210 g/mol. The van der Waals surface area contributed by atoms with E-state index in [4.69, 9.17) is 2.74 Å². The van der Waals surface area contributed by atoms with E-state index in [-0.39, 0.29) is 0 Å². The molecule has 2 heterocycles. The number of rotatable bonds is 2. The first-order chi connectivity index (χ1) is 9.19. The van der Waals surface area contributed by atoms with E-state index in [9.17, 15) is 0 Å². The average Bonchev–Trinajstić information content (AvgIpc) is 2.80. The number of anilines is 1. The topological polar surface area (TPSA) is 29.3 Å². The van der Waals surface area contributed by atoms with Crippen LogP contribution < -0.4 is 5.32 Å². The van der Waals surface area contributed by atoms with Gasteiger partial charge < -0.3 is 9.72 Å². The largest absolute Gasteiger partial charge is 0.388 e. The Morgan fingerprint density at radius 3 is 2.88 bits per heavy atom. The fourth-order valence-electron chi connectivity index (χ4n) is 1.76. The molecule has 0 aliphatic carbocycles. The number of imidazole rings is 1. The van der Waals surface area contributed by atoms with Gasteiger partial charge in [0.1, 0.15) is 5.65 Å². The number of nitrogens with one attached hydrogen (secondary N) is 1. The molecule has 0 bridgehead atoms. The zero-order chi connectivity index (χ0) is 13.4. The van der Waals surface area contributed by atoms with E-state index in [1.165, 1.54) is 0 Å². The first-order valence-corrected chi connectivity index (χ1v) is 5.42. The minimum absolute atomic E-state index is 0.324. The fraction of sp³-hybridized carbons (Fsp3) is 0.0714. The Balaban J connectivity index is 2.21. The molecule has 0 unspecified atom stereocenters. The molecule has 0 aliphatic heterocycles. The number of fused-ring (bicyclic) bond motifs is 1. The summed E-state index contributed by atoms with van der Waals surface area (Å²) in [6.45, 7) is 0. The summed E-state index contributed by atoms with van der Waals surface area (Å²) in [5, 5.41) is 3.06. The van der Waals surface area contributed by atoms with Crippen LogP contribution in [-0.2, 0) is 0 Å². The van der Waals surface area contributed by atoms with Crippen LogP contribution in [0.4, 0.5) is 5.69 Å². The third-order valence-electron chi connectivity index (χ3n) is 2.65. The van der Waals surface area contributed by atoms with Crippen LogP contribution in [0, 0.1) is 0 Å². The number of hydrogen-bond acceptors (Lipinski definition) is 2. The van der Waals surface area contributed by atoms with Crippen LogP contribution in [0.2, 0.25) is 0 Å². The standard InChI is InChI=1S/C14H13N3/c1-15-12-7-8-17-10-13(16-14(17)9-12)11-5-3-2-4-6-11/h2-10,15H,1H3/i5T,6T. The second-order valence-corrected chi connectivity index (χ2v) is 3.75. The Kier molecular flexibility index (Phi) is 1.83. The molecule has 0 amide bonds. The van der Waals surface area contributed by atoms with Crippen molar-refractivity contribution in [2.24, 2.45) is 0 Å². The van der Waals surface area contributed by atoms with Crippen molar-refractivity contribution >= 4 is 11.3 Å². The molecule has 1 N–H and O–H groups in total. The predicted octanol–water partition coefficient (Wildman–Crippen LogP) is 3.04. The van der Waals surface area contributed by atoms with E-state index < -0.39 is 0 Å². The summed E-state index contributed by atoms with van der Waals surface area (Å²) in [5.74, 6) is 0. The molecule has 2 aromatic heterocycles. The molecule has 0 fully saturated rings. The minimum atomic E-state index is 0.324. The van der Waals surface area contributed by atoms with Gasteiger partial charge in [-0.3, -0.25) is 0 Å². The first-order valence-electron chi connectivity index (χ1n) is 6.42. The van der Waals surface area contributed by atoms with Gasteiger partial charge in [0.05, 0.1) is 8.44 Å². The van der Waals surface area contributed by atoms with Gasteiger partial charge in [-0.25, -0.2) is 4.98 Å². The van der Waals surface area contributed by atoms with Gasteiger partial charge in [-0.1, -0.05) is 30.3 Å². The highest BCUT2D eigenvalue weighted by Gasteiger charge is 2.03. The number of nitrogens with zero attached hydrogens (tertiary/aromatic N) is 2. The molecule has 0 spiro atoms. The number of benzene rings is 1. The van der Waals surface area contributed by atoms with E-state index in [2.05, 4.69) is 10.3 Å². The second kappa shape index (κ2) is 3.94. The Labute approximate surface area is 103 Å². The van der Waals surface area contributed by atoms with Crippen molar-refractivity contribution in [1.82, 2.24) is 9.38 Å². The molecule has 3 heteroatoms.